The number of hydrogen-bond acceptors (Lipinski definition) is 3. The zero-order valence-corrected chi connectivity index (χ0v) is 12.8. The molecule has 2 amide bonds. The highest BCUT2D eigenvalue weighted by molar-refractivity contribution is 5.90. The second-order valence-corrected chi connectivity index (χ2v) is 4.97. The maximum Gasteiger partial charge on any atom is 0.387 e. The van der Waals surface area contributed by atoms with Gasteiger partial charge in [0.2, 0.25) is 0 Å². The van der Waals surface area contributed by atoms with Gasteiger partial charge in [0.1, 0.15) is 5.75 Å². The molecule has 2 aromatic carbocycles. The molecule has 0 saturated heterocycles. The van der Waals surface area contributed by atoms with Crippen LogP contribution in [0.1, 0.15) is 18.1 Å². The van der Waals surface area contributed by atoms with Crippen LogP contribution in [-0.2, 0) is 0 Å². The van der Waals surface area contributed by atoms with Crippen molar-refractivity contribution in [2.45, 2.75) is 19.1 Å². The number of aliphatic hydroxyl groups is 1. The molecule has 0 fully saturated rings. The van der Waals surface area contributed by atoms with E-state index in [4.69, 9.17) is 0 Å². The lowest BCUT2D eigenvalue weighted by Crippen LogP contribution is -2.30. The van der Waals surface area contributed by atoms with E-state index in [-0.39, 0.29) is 18.0 Å². The van der Waals surface area contributed by atoms with Gasteiger partial charge in [-0.2, -0.15) is 8.78 Å². The standard InChI is InChI=1S/C17H18F2N2O3/c18-16(19)24-15-9-5-4-8-13(15)21-17(23)20-11-10-14(22)12-6-2-1-3-7-12/h1-9,14,16,22H,10-11H2,(H2,20,21,23). The molecule has 1 atom stereocenters. The number of nitrogens with one attached hydrogen (secondary N) is 2. The van der Waals surface area contributed by atoms with E-state index in [1.54, 1.807) is 18.2 Å². The number of carbonyl (C=O) groups excluding carboxylic acids is 1. The first-order chi connectivity index (χ1) is 11.6. The Morgan fingerprint density at radius 2 is 1.75 bits per heavy atom. The fourth-order valence-electron chi connectivity index (χ4n) is 2.10. The number of rotatable bonds is 7. The first-order valence-electron chi connectivity index (χ1n) is 7.38. The molecule has 128 valence electrons. The van der Waals surface area contributed by atoms with Crippen molar-refractivity contribution in [3.05, 3.63) is 60.2 Å². The van der Waals surface area contributed by atoms with Gasteiger partial charge in [0.25, 0.3) is 0 Å². The van der Waals surface area contributed by atoms with Crippen molar-refractivity contribution >= 4 is 11.7 Å². The maximum absolute atomic E-state index is 12.3. The highest BCUT2D eigenvalue weighted by Gasteiger charge is 2.12. The first-order valence-corrected chi connectivity index (χ1v) is 7.38. The number of benzene rings is 2. The predicted molar refractivity (Wildman–Crippen MR) is 86.1 cm³/mol. The Balaban J connectivity index is 1.82. The van der Waals surface area contributed by atoms with Gasteiger partial charge in [-0.3, -0.25) is 0 Å². The molecule has 24 heavy (non-hydrogen) atoms. The number of urea groups is 1. The summed E-state index contributed by atoms with van der Waals surface area (Å²) >= 11 is 0. The third kappa shape index (κ3) is 5.51. The van der Waals surface area contributed by atoms with Crippen molar-refractivity contribution in [2.75, 3.05) is 11.9 Å². The van der Waals surface area contributed by atoms with E-state index in [2.05, 4.69) is 15.4 Å². The average Bonchev–Trinajstić information content (AvgIpc) is 2.57. The van der Waals surface area contributed by atoms with Gasteiger partial charge in [0, 0.05) is 6.54 Å². The fraction of sp³-hybridized carbons (Fsp3) is 0.235. The minimum atomic E-state index is -2.97. The molecule has 0 bridgehead atoms. The predicted octanol–water partition coefficient (Wildman–Crippen LogP) is 3.53. The highest BCUT2D eigenvalue weighted by Crippen LogP contribution is 2.25. The summed E-state index contributed by atoms with van der Waals surface area (Å²) in [6.07, 6.45) is -0.368. The van der Waals surface area contributed by atoms with Crippen molar-refractivity contribution in [3.63, 3.8) is 0 Å². The Morgan fingerprint density at radius 1 is 1.08 bits per heavy atom. The van der Waals surface area contributed by atoms with Gasteiger partial charge < -0.3 is 20.5 Å². The van der Waals surface area contributed by atoms with E-state index in [9.17, 15) is 18.7 Å². The Hall–Kier alpha value is -2.67. The second kappa shape index (κ2) is 8.83. The number of para-hydroxylation sites is 2. The summed E-state index contributed by atoms with van der Waals surface area (Å²) in [6.45, 7) is -2.75. The largest absolute Gasteiger partial charge is 0.433 e. The molecule has 1 unspecified atom stereocenters. The van der Waals surface area contributed by atoms with Crippen LogP contribution in [0.15, 0.2) is 54.6 Å². The minimum absolute atomic E-state index is 0.119. The van der Waals surface area contributed by atoms with Gasteiger partial charge in [-0.25, -0.2) is 4.79 Å². The van der Waals surface area contributed by atoms with Gasteiger partial charge >= 0.3 is 12.6 Å². The van der Waals surface area contributed by atoms with Crippen molar-refractivity contribution < 1.29 is 23.4 Å². The monoisotopic (exact) mass is 336 g/mol. The molecule has 0 spiro atoms. The normalized spacial score (nSPS) is 11.8. The lowest BCUT2D eigenvalue weighted by molar-refractivity contribution is -0.0493. The summed E-state index contributed by atoms with van der Waals surface area (Å²) in [5.74, 6) is -0.119. The quantitative estimate of drug-likeness (QED) is 0.724. The van der Waals surface area contributed by atoms with Crippen LogP contribution in [0.3, 0.4) is 0 Å². The smallest absolute Gasteiger partial charge is 0.387 e. The molecule has 2 rings (SSSR count). The van der Waals surface area contributed by atoms with Gasteiger partial charge in [-0.05, 0) is 24.1 Å². The molecule has 7 heteroatoms. The summed E-state index contributed by atoms with van der Waals surface area (Å²) < 4.78 is 29.0. The lowest BCUT2D eigenvalue weighted by atomic mass is 10.1. The molecule has 0 aliphatic heterocycles. The maximum atomic E-state index is 12.3. The number of ether oxygens (including phenoxy) is 1. The first kappa shape index (κ1) is 17.7. The summed E-state index contributed by atoms with van der Waals surface area (Å²) in [6, 6.07) is 14.4. The van der Waals surface area contributed by atoms with E-state index in [1.807, 2.05) is 18.2 Å². The number of carbonyl (C=O) groups is 1. The van der Waals surface area contributed by atoms with Gasteiger partial charge in [0.05, 0.1) is 11.8 Å². The number of anilines is 1. The highest BCUT2D eigenvalue weighted by atomic mass is 19.3. The van der Waals surface area contributed by atoms with Crippen LogP contribution in [0.2, 0.25) is 0 Å². The minimum Gasteiger partial charge on any atom is -0.433 e. The third-order valence-electron chi connectivity index (χ3n) is 3.24. The van der Waals surface area contributed by atoms with E-state index >= 15 is 0 Å². The fourth-order valence-corrected chi connectivity index (χ4v) is 2.10. The zero-order valence-electron chi connectivity index (χ0n) is 12.8. The van der Waals surface area contributed by atoms with E-state index in [0.717, 1.165) is 5.56 Å². The molecule has 5 nitrogen and oxygen atoms in total. The molecule has 2 aromatic rings. The summed E-state index contributed by atoms with van der Waals surface area (Å²) in [5.41, 5.74) is 0.897. The van der Waals surface area contributed by atoms with Crippen molar-refractivity contribution in [1.29, 1.82) is 0 Å². The van der Waals surface area contributed by atoms with Gasteiger partial charge in [-0.1, -0.05) is 42.5 Å². The average molecular weight is 336 g/mol. The topological polar surface area (TPSA) is 70.6 Å². The van der Waals surface area contributed by atoms with Crippen LogP contribution >= 0.6 is 0 Å². The van der Waals surface area contributed by atoms with Crippen LogP contribution < -0.4 is 15.4 Å². The molecule has 0 saturated carbocycles. The summed E-state index contributed by atoms with van der Waals surface area (Å²) in [5, 5.41) is 15.0. The summed E-state index contributed by atoms with van der Waals surface area (Å²) in [4.78, 5) is 11.8. The molecular formula is C17H18F2N2O3. The molecule has 0 heterocycles. The van der Waals surface area contributed by atoms with Gasteiger partial charge in [0.15, 0.2) is 0 Å². The number of hydrogen-bond donors (Lipinski definition) is 3. The van der Waals surface area contributed by atoms with Crippen LogP contribution in [0.25, 0.3) is 0 Å². The molecule has 0 aliphatic carbocycles. The van der Waals surface area contributed by atoms with Crippen LogP contribution in [-0.4, -0.2) is 24.3 Å². The van der Waals surface area contributed by atoms with Crippen LogP contribution in [0.4, 0.5) is 19.3 Å². The number of alkyl halides is 2. The molecular weight excluding hydrogens is 318 g/mol. The number of amides is 2. The summed E-state index contributed by atoms with van der Waals surface area (Å²) in [7, 11) is 0. The number of halogens is 2. The van der Waals surface area contributed by atoms with Gasteiger partial charge in [-0.15, -0.1) is 0 Å². The lowest BCUT2D eigenvalue weighted by Gasteiger charge is -2.14. The van der Waals surface area contributed by atoms with Crippen LogP contribution in [0, 0.1) is 0 Å². The molecule has 3 N–H and O–H groups in total. The Labute approximate surface area is 138 Å². The zero-order chi connectivity index (χ0) is 17.4. The molecule has 0 radical (unpaired) electrons. The van der Waals surface area contributed by atoms with Crippen molar-refractivity contribution in [2.24, 2.45) is 0 Å². The molecule has 0 aliphatic rings. The van der Waals surface area contributed by atoms with Crippen molar-refractivity contribution in [1.82, 2.24) is 5.32 Å². The second-order valence-electron chi connectivity index (χ2n) is 4.97. The van der Waals surface area contributed by atoms with E-state index in [1.165, 1.54) is 18.2 Å². The number of aliphatic hydroxyl groups excluding tert-OH is 1. The van der Waals surface area contributed by atoms with E-state index in [0.29, 0.717) is 6.42 Å². The van der Waals surface area contributed by atoms with E-state index < -0.39 is 18.7 Å². The Bertz CT molecular complexity index is 653. The molecule has 0 aromatic heterocycles. The Morgan fingerprint density at radius 3 is 2.46 bits per heavy atom. The third-order valence-corrected chi connectivity index (χ3v) is 3.24. The SMILES string of the molecule is O=C(NCCC(O)c1ccccc1)Nc1ccccc1OC(F)F. The van der Waals surface area contributed by atoms with Crippen LogP contribution in [0.5, 0.6) is 5.75 Å². The van der Waals surface area contributed by atoms with Crippen molar-refractivity contribution in [3.8, 4) is 5.75 Å². The Kier molecular flexibility index (Phi) is 6.51.